The van der Waals surface area contributed by atoms with Gasteiger partial charge in [0.2, 0.25) is 0 Å². The van der Waals surface area contributed by atoms with Crippen molar-refractivity contribution in [3.63, 3.8) is 0 Å². The smallest absolute Gasteiger partial charge is 0.319 e. The highest BCUT2D eigenvalue weighted by atomic mass is 16.3. The van der Waals surface area contributed by atoms with Gasteiger partial charge in [0.05, 0.1) is 12.7 Å². The van der Waals surface area contributed by atoms with E-state index >= 15 is 0 Å². The normalized spacial score (nSPS) is 9.88. The molecule has 0 radical (unpaired) electrons. The zero-order chi connectivity index (χ0) is 12.1. The number of aromatic nitrogens is 1. The van der Waals surface area contributed by atoms with Crippen molar-refractivity contribution in [2.45, 2.75) is 6.54 Å². The van der Waals surface area contributed by atoms with Gasteiger partial charge in [0, 0.05) is 11.4 Å². The molecule has 0 aliphatic heterocycles. The lowest BCUT2D eigenvalue weighted by atomic mass is 10.3. The SMILES string of the molecule is Nc1ccc(NC(=O)NCc2cnco2)cc1. The standard InChI is InChI=1S/C11H12N4O2/c12-8-1-3-9(4-2-8)15-11(16)14-6-10-5-13-7-17-10/h1-5,7H,6,12H2,(H2,14,15,16). The molecule has 0 saturated heterocycles. The zero-order valence-electron chi connectivity index (χ0n) is 9.01. The Hall–Kier alpha value is -2.50. The fraction of sp³-hybridized carbons (Fsp3) is 0.0909. The van der Waals surface area contributed by atoms with Gasteiger partial charge < -0.3 is 20.8 Å². The van der Waals surface area contributed by atoms with E-state index in [1.54, 1.807) is 30.5 Å². The third-order valence-electron chi connectivity index (χ3n) is 2.08. The molecule has 1 aromatic heterocycles. The lowest BCUT2D eigenvalue weighted by molar-refractivity contribution is 0.251. The van der Waals surface area contributed by atoms with Crippen molar-refractivity contribution in [3.05, 3.63) is 42.6 Å². The predicted octanol–water partition coefficient (Wildman–Crippen LogP) is 1.58. The minimum absolute atomic E-state index is 0.292. The summed E-state index contributed by atoms with van der Waals surface area (Å²) in [5.74, 6) is 0.595. The molecule has 0 unspecified atom stereocenters. The molecule has 1 heterocycles. The van der Waals surface area contributed by atoms with E-state index in [0.29, 0.717) is 23.7 Å². The second kappa shape index (κ2) is 5.02. The Labute approximate surface area is 97.8 Å². The average molecular weight is 232 g/mol. The minimum atomic E-state index is -0.314. The molecule has 0 atom stereocenters. The minimum Gasteiger partial charge on any atom is -0.447 e. The van der Waals surface area contributed by atoms with Crippen molar-refractivity contribution in [1.29, 1.82) is 0 Å². The Kier molecular flexibility index (Phi) is 3.25. The predicted molar refractivity (Wildman–Crippen MR) is 63.2 cm³/mol. The molecule has 0 saturated carbocycles. The fourth-order valence-corrected chi connectivity index (χ4v) is 1.24. The van der Waals surface area contributed by atoms with E-state index in [0.717, 1.165) is 0 Å². The van der Waals surface area contributed by atoms with Gasteiger partial charge in [-0.15, -0.1) is 0 Å². The Morgan fingerprint density at radius 2 is 2.12 bits per heavy atom. The molecule has 17 heavy (non-hydrogen) atoms. The summed E-state index contributed by atoms with van der Waals surface area (Å²) < 4.78 is 4.98. The number of carbonyl (C=O) groups is 1. The number of amides is 2. The van der Waals surface area contributed by atoms with Gasteiger partial charge in [0.1, 0.15) is 5.76 Å². The Balaban J connectivity index is 1.83. The van der Waals surface area contributed by atoms with Crippen LogP contribution in [0.3, 0.4) is 0 Å². The van der Waals surface area contributed by atoms with Gasteiger partial charge in [-0.1, -0.05) is 0 Å². The third-order valence-corrected chi connectivity index (χ3v) is 2.08. The maximum absolute atomic E-state index is 11.5. The van der Waals surface area contributed by atoms with Crippen LogP contribution in [-0.2, 0) is 6.54 Å². The molecule has 0 aliphatic carbocycles. The fourth-order valence-electron chi connectivity index (χ4n) is 1.24. The quantitative estimate of drug-likeness (QED) is 0.700. The molecule has 0 aliphatic rings. The number of carbonyl (C=O) groups excluding carboxylic acids is 1. The van der Waals surface area contributed by atoms with Crippen LogP contribution in [-0.4, -0.2) is 11.0 Å². The van der Waals surface area contributed by atoms with Gasteiger partial charge in [-0.2, -0.15) is 0 Å². The molecular weight excluding hydrogens is 220 g/mol. The van der Waals surface area contributed by atoms with Crippen LogP contribution in [0.1, 0.15) is 5.76 Å². The van der Waals surface area contributed by atoms with Crippen LogP contribution in [0.15, 0.2) is 41.3 Å². The number of nitrogen functional groups attached to an aromatic ring is 1. The molecule has 1 aromatic carbocycles. The molecule has 88 valence electrons. The largest absolute Gasteiger partial charge is 0.447 e. The summed E-state index contributed by atoms with van der Waals surface area (Å²) in [6.45, 7) is 0.292. The van der Waals surface area contributed by atoms with E-state index in [2.05, 4.69) is 15.6 Å². The van der Waals surface area contributed by atoms with Crippen molar-refractivity contribution in [1.82, 2.24) is 10.3 Å². The van der Waals surface area contributed by atoms with Gasteiger partial charge in [0.15, 0.2) is 6.39 Å². The number of oxazole rings is 1. The first-order chi connectivity index (χ1) is 8.24. The number of anilines is 2. The van der Waals surface area contributed by atoms with Crippen molar-refractivity contribution in [2.24, 2.45) is 0 Å². The molecule has 2 amide bonds. The molecule has 2 rings (SSSR count). The Bertz CT molecular complexity index is 479. The van der Waals surface area contributed by atoms with Gasteiger partial charge in [0.25, 0.3) is 0 Å². The highest BCUT2D eigenvalue weighted by Gasteiger charge is 2.02. The van der Waals surface area contributed by atoms with E-state index in [9.17, 15) is 4.79 Å². The highest BCUT2D eigenvalue weighted by molar-refractivity contribution is 5.89. The maximum atomic E-state index is 11.5. The molecule has 4 N–H and O–H groups in total. The van der Waals surface area contributed by atoms with E-state index in [4.69, 9.17) is 10.2 Å². The Morgan fingerprint density at radius 1 is 1.35 bits per heavy atom. The molecular formula is C11H12N4O2. The van der Waals surface area contributed by atoms with Crippen LogP contribution >= 0.6 is 0 Å². The molecule has 0 bridgehead atoms. The summed E-state index contributed by atoms with van der Waals surface area (Å²) in [6.07, 6.45) is 2.86. The number of hydrogen-bond acceptors (Lipinski definition) is 4. The number of nitrogens with zero attached hydrogens (tertiary/aromatic N) is 1. The Morgan fingerprint density at radius 3 is 2.76 bits per heavy atom. The number of nitrogens with one attached hydrogen (secondary N) is 2. The van der Waals surface area contributed by atoms with Crippen molar-refractivity contribution >= 4 is 17.4 Å². The van der Waals surface area contributed by atoms with Gasteiger partial charge in [-0.05, 0) is 24.3 Å². The van der Waals surface area contributed by atoms with Crippen molar-refractivity contribution < 1.29 is 9.21 Å². The van der Waals surface area contributed by atoms with E-state index in [1.807, 2.05) is 0 Å². The first-order valence-electron chi connectivity index (χ1n) is 5.02. The first kappa shape index (κ1) is 11.0. The average Bonchev–Trinajstić information content (AvgIpc) is 2.83. The summed E-state index contributed by atoms with van der Waals surface area (Å²) >= 11 is 0. The van der Waals surface area contributed by atoms with Crippen LogP contribution in [0.25, 0.3) is 0 Å². The molecule has 2 aromatic rings. The third kappa shape index (κ3) is 3.23. The second-order valence-corrected chi connectivity index (χ2v) is 3.40. The zero-order valence-corrected chi connectivity index (χ0v) is 9.01. The van der Waals surface area contributed by atoms with Crippen molar-refractivity contribution in [3.8, 4) is 0 Å². The highest BCUT2D eigenvalue weighted by Crippen LogP contribution is 2.10. The number of nitrogens with two attached hydrogens (primary N) is 1. The van der Waals surface area contributed by atoms with E-state index < -0.39 is 0 Å². The summed E-state index contributed by atoms with van der Waals surface area (Å²) in [5, 5.41) is 5.30. The topological polar surface area (TPSA) is 93.2 Å². The molecule has 6 heteroatoms. The van der Waals surface area contributed by atoms with Crippen molar-refractivity contribution in [2.75, 3.05) is 11.1 Å². The number of hydrogen-bond donors (Lipinski definition) is 3. The number of benzene rings is 1. The lowest BCUT2D eigenvalue weighted by Crippen LogP contribution is -2.27. The molecule has 0 fully saturated rings. The number of urea groups is 1. The lowest BCUT2D eigenvalue weighted by Gasteiger charge is -2.06. The molecule has 6 nitrogen and oxygen atoms in total. The monoisotopic (exact) mass is 232 g/mol. The van der Waals surface area contributed by atoms with Crippen LogP contribution < -0.4 is 16.4 Å². The van der Waals surface area contributed by atoms with Crippen LogP contribution in [0.2, 0.25) is 0 Å². The van der Waals surface area contributed by atoms with Crippen LogP contribution in [0, 0.1) is 0 Å². The van der Waals surface area contributed by atoms with Gasteiger partial charge in [-0.3, -0.25) is 0 Å². The summed E-state index contributed by atoms with van der Waals surface area (Å²) in [7, 11) is 0. The summed E-state index contributed by atoms with van der Waals surface area (Å²) in [4.78, 5) is 15.2. The summed E-state index contributed by atoms with van der Waals surface area (Å²) in [5.41, 5.74) is 6.86. The first-order valence-corrected chi connectivity index (χ1v) is 5.02. The van der Waals surface area contributed by atoms with Crippen LogP contribution in [0.4, 0.5) is 16.2 Å². The summed E-state index contributed by atoms with van der Waals surface area (Å²) in [6, 6.07) is 6.57. The van der Waals surface area contributed by atoms with Crippen LogP contribution in [0.5, 0.6) is 0 Å². The van der Waals surface area contributed by atoms with E-state index in [-0.39, 0.29) is 6.03 Å². The maximum Gasteiger partial charge on any atom is 0.319 e. The second-order valence-electron chi connectivity index (χ2n) is 3.40. The van der Waals surface area contributed by atoms with Gasteiger partial charge in [-0.25, -0.2) is 9.78 Å². The number of rotatable bonds is 3. The van der Waals surface area contributed by atoms with Gasteiger partial charge >= 0.3 is 6.03 Å². The van der Waals surface area contributed by atoms with E-state index in [1.165, 1.54) is 6.39 Å². The molecule has 0 spiro atoms.